The minimum absolute atomic E-state index is 0.229. The standard InChI is InChI=1S/C25H29N3O4S/c1-18-23(27-12-14-28(15-13-27)24(29)32-25(2,3)4)16-19-10-11-21(17-22(19)26-18)33(30,31)20-8-6-5-7-9-20/h5-11,16-17H,12-15H2,1-4H3. The van der Waals surface area contributed by atoms with Gasteiger partial charge in [-0.1, -0.05) is 24.3 Å². The third-order valence-electron chi connectivity index (χ3n) is 5.59. The van der Waals surface area contributed by atoms with Crippen molar-refractivity contribution in [3.63, 3.8) is 0 Å². The van der Waals surface area contributed by atoms with Gasteiger partial charge in [-0.15, -0.1) is 0 Å². The first-order valence-corrected chi connectivity index (χ1v) is 12.5. The third kappa shape index (κ3) is 4.95. The Hall–Kier alpha value is -3.13. The van der Waals surface area contributed by atoms with Crippen LogP contribution in [0.3, 0.4) is 0 Å². The summed E-state index contributed by atoms with van der Waals surface area (Å²) in [6.07, 6.45) is -0.289. The molecule has 2 aromatic carbocycles. The van der Waals surface area contributed by atoms with E-state index in [1.54, 1.807) is 53.4 Å². The van der Waals surface area contributed by atoms with Crippen LogP contribution in [0.5, 0.6) is 0 Å². The van der Waals surface area contributed by atoms with E-state index in [0.29, 0.717) is 31.7 Å². The number of sulfone groups is 1. The normalized spacial score (nSPS) is 15.0. The largest absolute Gasteiger partial charge is 0.444 e. The Balaban J connectivity index is 1.55. The summed E-state index contributed by atoms with van der Waals surface area (Å²) < 4.78 is 31.4. The Bertz CT molecular complexity index is 1280. The van der Waals surface area contributed by atoms with Crippen molar-refractivity contribution >= 4 is 32.5 Å². The zero-order valence-electron chi connectivity index (χ0n) is 19.4. The predicted molar refractivity (Wildman–Crippen MR) is 128 cm³/mol. The molecule has 0 N–H and O–H groups in total. The molecule has 1 aromatic heterocycles. The number of aromatic nitrogens is 1. The summed E-state index contributed by atoms with van der Waals surface area (Å²) in [5.74, 6) is 0. The van der Waals surface area contributed by atoms with Crippen LogP contribution in [0.1, 0.15) is 26.5 Å². The molecule has 1 aliphatic heterocycles. The van der Waals surface area contributed by atoms with Crippen molar-refractivity contribution in [2.45, 2.75) is 43.1 Å². The first kappa shape index (κ1) is 23.0. The van der Waals surface area contributed by atoms with E-state index < -0.39 is 15.4 Å². The number of piperazine rings is 1. The quantitative estimate of drug-likeness (QED) is 0.567. The lowest BCUT2D eigenvalue weighted by molar-refractivity contribution is 0.0240. The molecule has 0 bridgehead atoms. The lowest BCUT2D eigenvalue weighted by atomic mass is 10.1. The molecule has 1 aliphatic rings. The van der Waals surface area contributed by atoms with Crippen LogP contribution in [0.2, 0.25) is 0 Å². The van der Waals surface area contributed by atoms with Crippen molar-refractivity contribution in [3.8, 4) is 0 Å². The number of pyridine rings is 1. The zero-order chi connectivity index (χ0) is 23.8. The number of fused-ring (bicyclic) bond motifs is 1. The highest BCUT2D eigenvalue weighted by Crippen LogP contribution is 2.29. The average Bonchev–Trinajstić information content (AvgIpc) is 2.78. The van der Waals surface area contributed by atoms with E-state index in [4.69, 9.17) is 9.72 Å². The van der Waals surface area contributed by atoms with Crippen LogP contribution in [-0.2, 0) is 14.6 Å². The molecule has 4 rings (SSSR count). The number of carbonyl (C=O) groups excluding carboxylic acids is 1. The second-order valence-corrected chi connectivity index (χ2v) is 11.2. The monoisotopic (exact) mass is 467 g/mol. The number of benzene rings is 2. The summed E-state index contributed by atoms with van der Waals surface area (Å²) in [6, 6.07) is 15.5. The number of rotatable bonds is 3. The SMILES string of the molecule is Cc1nc2cc(S(=O)(=O)c3ccccc3)ccc2cc1N1CCN(C(=O)OC(C)(C)C)CC1. The number of carbonyl (C=O) groups is 1. The molecule has 8 heteroatoms. The molecule has 0 atom stereocenters. The van der Waals surface area contributed by atoms with Gasteiger partial charge in [0.2, 0.25) is 9.84 Å². The van der Waals surface area contributed by atoms with E-state index in [-0.39, 0.29) is 15.9 Å². The van der Waals surface area contributed by atoms with E-state index in [1.165, 1.54) is 0 Å². The Morgan fingerprint density at radius 2 is 1.61 bits per heavy atom. The second-order valence-electron chi connectivity index (χ2n) is 9.22. The van der Waals surface area contributed by atoms with Crippen molar-refractivity contribution in [2.24, 2.45) is 0 Å². The van der Waals surface area contributed by atoms with Crippen LogP contribution in [0.4, 0.5) is 10.5 Å². The molecule has 1 amide bonds. The van der Waals surface area contributed by atoms with E-state index in [0.717, 1.165) is 16.8 Å². The van der Waals surface area contributed by atoms with E-state index in [9.17, 15) is 13.2 Å². The Morgan fingerprint density at radius 1 is 0.939 bits per heavy atom. The highest BCUT2D eigenvalue weighted by atomic mass is 32.2. The van der Waals surface area contributed by atoms with Gasteiger partial charge in [-0.25, -0.2) is 13.2 Å². The van der Waals surface area contributed by atoms with Crippen molar-refractivity contribution in [1.82, 2.24) is 9.88 Å². The maximum Gasteiger partial charge on any atom is 0.410 e. The Labute approximate surface area is 194 Å². The molecule has 33 heavy (non-hydrogen) atoms. The fourth-order valence-corrected chi connectivity index (χ4v) is 5.21. The fraction of sp³-hybridized carbons (Fsp3) is 0.360. The molecule has 2 heterocycles. The van der Waals surface area contributed by atoms with Gasteiger partial charge in [0.25, 0.3) is 0 Å². The van der Waals surface area contributed by atoms with E-state index in [2.05, 4.69) is 4.90 Å². The van der Waals surface area contributed by atoms with E-state index >= 15 is 0 Å². The molecule has 0 unspecified atom stereocenters. The lowest BCUT2D eigenvalue weighted by Gasteiger charge is -2.37. The minimum Gasteiger partial charge on any atom is -0.444 e. The second kappa shape index (κ2) is 8.67. The highest BCUT2D eigenvalue weighted by molar-refractivity contribution is 7.91. The van der Waals surface area contributed by atoms with E-state index in [1.807, 2.05) is 33.8 Å². The minimum atomic E-state index is -3.60. The number of nitrogens with zero attached hydrogens (tertiary/aromatic N) is 3. The molecule has 0 radical (unpaired) electrons. The average molecular weight is 468 g/mol. The number of hydrogen-bond acceptors (Lipinski definition) is 6. The third-order valence-corrected chi connectivity index (χ3v) is 7.36. The van der Waals surface area contributed by atoms with Crippen LogP contribution >= 0.6 is 0 Å². The van der Waals surface area contributed by atoms with Gasteiger partial charge < -0.3 is 14.5 Å². The summed E-state index contributed by atoms with van der Waals surface area (Å²) in [4.78, 5) is 21.5. The van der Waals surface area contributed by atoms with Crippen molar-refractivity contribution < 1.29 is 17.9 Å². The lowest BCUT2D eigenvalue weighted by Crippen LogP contribution is -2.50. The first-order valence-electron chi connectivity index (χ1n) is 11.0. The first-order chi connectivity index (χ1) is 15.5. The summed E-state index contributed by atoms with van der Waals surface area (Å²) in [6.45, 7) is 10.0. The summed E-state index contributed by atoms with van der Waals surface area (Å²) in [7, 11) is -3.60. The molecule has 174 valence electrons. The molecule has 0 saturated carbocycles. The number of amides is 1. The van der Waals surface area contributed by atoms with Crippen LogP contribution in [-0.4, -0.2) is 56.2 Å². The maximum absolute atomic E-state index is 13.0. The topological polar surface area (TPSA) is 79.8 Å². The molecule has 1 saturated heterocycles. The van der Waals surface area contributed by atoms with Gasteiger partial charge >= 0.3 is 6.09 Å². The molecule has 7 nitrogen and oxygen atoms in total. The van der Waals surface area contributed by atoms with Crippen molar-refractivity contribution in [3.05, 3.63) is 60.3 Å². The smallest absolute Gasteiger partial charge is 0.410 e. The van der Waals surface area contributed by atoms with Gasteiger partial charge in [-0.05, 0) is 58.0 Å². The summed E-state index contributed by atoms with van der Waals surface area (Å²) in [5, 5.41) is 0.872. The fourth-order valence-electron chi connectivity index (χ4n) is 3.91. The van der Waals surface area contributed by atoms with Gasteiger partial charge in [0, 0.05) is 31.6 Å². The van der Waals surface area contributed by atoms with Gasteiger partial charge in [0.05, 0.1) is 26.7 Å². The Morgan fingerprint density at radius 3 is 2.24 bits per heavy atom. The number of aryl methyl sites for hydroxylation is 1. The molecule has 1 fully saturated rings. The Kier molecular flexibility index (Phi) is 6.05. The van der Waals surface area contributed by atoms with Crippen molar-refractivity contribution in [2.75, 3.05) is 31.1 Å². The highest BCUT2D eigenvalue weighted by Gasteiger charge is 2.27. The molecule has 3 aromatic rings. The molecular weight excluding hydrogens is 438 g/mol. The van der Waals surface area contributed by atoms with Gasteiger partial charge in [0.15, 0.2) is 0 Å². The maximum atomic E-state index is 13.0. The molecule has 0 spiro atoms. The van der Waals surface area contributed by atoms with Gasteiger partial charge in [-0.3, -0.25) is 4.98 Å². The predicted octanol–water partition coefficient (Wildman–Crippen LogP) is 4.43. The molecule has 0 aliphatic carbocycles. The number of hydrogen-bond donors (Lipinski definition) is 0. The van der Waals surface area contributed by atoms with Crippen LogP contribution in [0.15, 0.2) is 64.4 Å². The number of ether oxygens (including phenoxy) is 1. The summed E-state index contributed by atoms with van der Waals surface area (Å²) in [5.41, 5.74) is 1.94. The number of anilines is 1. The van der Waals surface area contributed by atoms with Gasteiger partial charge in [-0.2, -0.15) is 0 Å². The summed E-state index contributed by atoms with van der Waals surface area (Å²) >= 11 is 0. The van der Waals surface area contributed by atoms with Crippen LogP contribution < -0.4 is 4.90 Å². The zero-order valence-corrected chi connectivity index (χ0v) is 20.2. The van der Waals surface area contributed by atoms with Crippen LogP contribution in [0, 0.1) is 6.92 Å². The molecular formula is C25H29N3O4S. The van der Waals surface area contributed by atoms with Crippen molar-refractivity contribution in [1.29, 1.82) is 0 Å². The van der Waals surface area contributed by atoms with Gasteiger partial charge in [0.1, 0.15) is 5.60 Å². The van der Waals surface area contributed by atoms with Crippen LogP contribution in [0.25, 0.3) is 10.9 Å².